The third kappa shape index (κ3) is 5.37. The van der Waals surface area contributed by atoms with E-state index in [-0.39, 0.29) is 12.4 Å². The highest BCUT2D eigenvalue weighted by Gasteiger charge is 2.30. The minimum absolute atomic E-state index is 0.0723. The molecule has 23 heavy (non-hydrogen) atoms. The second-order valence-corrected chi connectivity index (χ2v) is 5.90. The van der Waals surface area contributed by atoms with Gasteiger partial charge in [0.25, 0.3) is 0 Å². The van der Waals surface area contributed by atoms with Crippen molar-refractivity contribution >= 4 is 17.4 Å². The summed E-state index contributed by atoms with van der Waals surface area (Å²) >= 11 is 1.36. The van der Waals surface area contributed by atoms with Gasteiger partial charge in [-0.05, 0) is 30.3 Å². The Hall–Kier alpha value is -1.86. The van der Waals surface area contributed by atoms with Gasteiger partial charge in [0, 0.05) is 16.3 Å². The predicted octanol–water partition coefficient (Wildman–Crippen LogP) is 3.82. The van der Waals surface area contributed by atoms with Crippen LogP contribution in [-0.4, -0.2) is 23.6 Å². The lowest BCUT2D eigenvalue weighted by atomic mass is 10.2. The van der Waals surface area contributed by atoms with Crippen molar-refractivity contribution in [2.75, 3.05) is 18.1 Å². The summed E-state index contributed by atoms with van der Waals surface area (Å²) in [6.07, 6.45) is -5.24. The van der Waals surface area contributed by atoms with Crippen LogP contribution in [0.1, 0.15) is 5.56 Å². The van der Waals surface area contributed by atoms with Gasteiger partial charge in [-0.15, -0.1) is 11.8 Å². The zero-order valence-electron chi connectivity index (χ0n) is 12.1. The molecule has 0 radical (unpaired) electrons. The molecule has 2 aromatic rings. The number of thioether (sulfide) groups is 1. The Labute approximate surface area is 136 Å². The molecule has 3 nitrogen and oxygen atoms in total. The Kier molecular flexibility index (Phi) is 5.79. The van der Waals surface area contributed by atoms with E-state index in [4.69, 9.17) is 10.5 Å². The number of anilines is 1. The van der Waals surface area contributed by atoms with Crippen molar-refractivity contribution in [3.8, 4) is 5.75 Å². The molecular weight excluding hydrogens is 327 g/mol. The third-order valence-electron chi connectivity index (χ3n) is 2.95. The van der Waals surface area contributed by atoms with Crippen LogP contribution in [0.5, 0.6) is 5.75 Å². The monoisotopic (exact) mass is 343 g/mol. The average molecular weight is 343 g/mol. The van der Waals surface area contributed by atoms with E-state index < -0.39 is 17.8 Å². The van der Waals surface area contributed by atoms with Crippen molar-refractivity contribution in [3.05, 3.63) is 54.1 Å². The Bertz CT molecular complexity index is 649. The Morgan fingerprint density at radius 1 is 1.13 bits per heavy atom. The molecule has 0 amide bonds. The lowest BCUT2D eigenvalue weighted by Gasteiger charge is -2.14. The zero-order valence-corrected chi connectivity index (χ0v) is 12.9. The van der Waals surface area contributed by atoms with Crippen LogP contribution in [0.2, 0.25) is 0 Å². The molecule has 0 saturated heterocycles. The average Bonchev–Trinajstić information content (AvgIpc) is 2.51. The van der Waals surface area contributed by atoms with E-state index in [0.29, 0.717) is 11.4 Å². The lowest BCUT2D eigenvalue weighted by molar-refractivity contribution is -0.137. The summed E-state index contributed by atoms with van der Waals surface area (Å²) in [7, 11) is 0. The number of aliphatic hydroxyl groups is 1. The van der Waals surface area contributed by atoms with Crippen LogP contribution in [-0.2, 0) is 6.18 Å². The number of nitrogen functional groups attached to an aromatic ring is 1. The van der Waals surface area contributed by atoms with E-state index >= 15 is 0 Å². The molecule has 0 fully saturated rings. The summed E-state index contributed by atoms with van der Waals surface area (Å²) in [5.74, 6) is 0.399. The number of aliphatic hydroxyl groups excluding tert-OH is 1. The number of hydrogen-bond donors (Lipinski definition) is 2. The second kappa shape index (κ2) is 7.61. The van der Waals surface area contributed by atoms with E-state index in [1.54, 1.807) is 6.07 Å². The van der Waals surface area contributed by atoms with Crippen molar-refractivity contribution in [1.82, 2.24) is 0 Å². The lowest BCUT2D eigenvalue weighted by Crippen LogP contribution is -2.20. The number of halogens is 3. The minimum Gasteiger partial charge on any atom is -0.491 e. The van der Waals surface area contributed by atoms with Gasteiger partial charge in [0.15, 0.2) is 0 Å². The standard InChI is InChI=1S/C16H16F3NO2S/c17-16(18,19)11-4-3-5-13(8-11)22-9-12(21)10-23-15-7-2-1-6-14(15)20/h1-8,12,21H,9-10,20H2/t12-/m1/s1. The fourth-order valence-electron chi connectivity index (χ4n) is 1.80. The molecule has 2 rings (SSSR count). The summed E-state index contributed by atoms with van der Waals surface area (Å²) in [6, 6.07) is 11.8. The second-order valence-electron chi connectivity index (χ2n) is 4.84. The number of hydrogen-bond acceptors (Lipinski definition) is 4. The molecule has 124 valence electrons. The maximum Gasteiger partial charge on any atom is 0.416 e. The fourth-order valence-corrected chi connectivity index (χ4v) is 2.68. The first-order chi connectivity index (χ1) is 10.9. The normalized spacial score (nSPS) is 12.9. The van der Waals surface area contributed by atoms with E-state index in [0.717, 1.165) is 17.0 Å². The van der Waals surface area contributed by atoms with Crippen molar-refractivity contribution in [3.63, 3.8) is 0 Å². The SMILES string of the molecule is Nc1ccccc1SC[C@H](O)COc1cccc(C(F)(F)F)c1. The molecule has 0 aliphatic heterocycles. The van der Waals surface area contributed by atoms with Crippen molar-refractivity contribution < 1.29 is 23.0 Å². The van der Waals surface area contributed by atoms with Gasteiger partial charge < -0.3 is 15.6 Å². The van der Waals surface area contributed by atoms with Gasteiger partial charge in [0.2, 0.25) is 0 Å². The highest BCUT2D eigenvalue weighted by atomic mass is 32.2. The maximum atomic E-state index is 12.6. The Morgan fingerprint density at radius 3 is 2.57 bits per heavy atom. The molecule has 0 bridgehead atoms. The van der Waals surface area contributed by atoms with Crippen LogP contribution in [0.25, 0.3) is 0 Å². The summed E-state index contributed by atoms with van der Waals surface area (Å²) in [5, 5.41) is 9.88. The fraction of sp³-hybridized carbons (Fsp3) is 0.250. The Balaban J connectivity index is 1.85. The highest BCUT2D eigenvalue weighted by molar-refractivity contribution is 7.99. The van der Waals surface area contributed by atoms with Gasteiger partial charge in [-0.2, -0.15) is 13.2 Å². The molecular formula is C16H16F3NO2S. The van der Waals surface area contributed by atoms with Crippen LogP contribution in [0, 0.1) is 0 Å². The molecule has 3 N–H and O–H groups in total. The number of ether oxygens (including phenoxy) is 1. The molecule has 0 unspecified atom stereocenters. The quantitative estimate of drug-likeness (QED) is 0.618. The van der Waals surface area contributed by atoms with Crippen LogP contribution >= 0.6 is 11.8 Å². The van der Waals surface area contributed by atoms with Crippen molar-refractivity contribution in [1.29, 1.82) is 0 Å². The molecule has 0 aliphatic rings. The van der Waals surface area contributed by atoms with Crippen molar-refractivity contribution in [2.45, 2.75) is 17.2 Å². The molecule has 0 spiro atoms. The number of para-hydroxylation sites is 1. The van der Waals surface area contributed by atoms with Gasteiger partial charge in [-0.3, -0.25) is 0 Å². The molecule has 2 aromatic carbocycles. The van der Waals surface area contributed by atoms with Gasteiger partial charge in [0.05, 0.1) is 11.7 Å². The van der Waals surface area contributed by atoms with Crippen LogP contribution in [0.3, 0.4) is 0 Å². The molecule has 1 atom stereocenters. The number of alkyl halides is 3. The van der Waals surface area contributed by atoms with E-state index in [1.165, 1.54) is 23.9 Å². The first-order valence-corrected chi connectivity index (χ1v) is 7.80. The smallest absolute Gasteiger partial charge is 0.416 e. The third-order valence-corrected chi connectivity index (χ3v) is 4.19. The summed E-state index contributed by atoms with van der Waals surface area (Å²) < 4.78 is 43.0. The van der Waals surface area contributed by atoms with E-state index in [1.807, 2.05) is 18.2 Å². The number of rotatable bonds is 6. The van der Waals surface area contributed by atoms with Gasteiger partial charge in [-0.25, -0.2) is 0 Å². The first-order valence-electron chi connectivity index (χ1n) is 6.81. The highest BCUT2D eigenvalue weighted by Crippen LogP contribution is 2.31. The van der Waals surface area contributed by atoms with Gasteiger partial charge in [-0.1, -0.05) is 18.2 Å². The van der Waals surface area contributed by atoms with Crippen LogP contribution < -0.4 is 10.5 Å². The van der Waals surface area contributed by atoms with Gasteiger partial charge in [0.1, 0.15) is 12.4 Å². The molecule has 0 aliphatic carbocycles. The summed E-state index contributed by atoms with van der Waals surface area (Å²) in [4.78, 5) is 0.839. The summed E-state index contributed by atoms with van der Waals surface area (Å²) in [6.45, 7) is -0.0962. The first kappa shape index (κ1) is 17.5. The predicted molar refractivity (Wildman–Crippen MR) is 84.5 cm³/mol. The molecule has 7 heteroatoms. The zero-order chi connectivity index (χ0) is 16.9. The molecule has 0 saturated carbocycles. The number of nitrogens with two attached hydrogens (primary N) is 1. The van der Waals surface area contributed by atoms with Gasteiger partial charge >= 0.3 is 6.18 Å². The maximum absolute atomic E-state index is 12.6. The van der Waals surface area contributed by atoms with Crippen LogP contribution in [0.4, 0.5) is 18.9 Å². The Morgan fingerprint density at radius 2 is 1.87 bits per heavy atom. The molecule has 0 aromatic heterocycles. The topological polar surface area (TPSA) is 55.5 Å². The van der Waals surface area contributed by atoms with E-state index in [2.05, 4.69) is 0 Å². The summed E-state index contributed by atoms with van der Waals surface area (Å²) in [5.41, 5.74) is 5.62. The van der Waals surface area contributed by atoms with E-state index in [9.17, 15) is 18.3 Å². The van der Waals surface area contributed by atoms with Crippen LogP contribution in [0.15, 0.2) is 53.4 Å². The molecule has 0 heterocycles. The number of benzene rings is 2. The largest absolute Gasteiger partial charge is 0.491 e. The minimum atomic E-state index is -4.42. The van der Waals surface area contributed by atoms with Crippen molar-refractivity contribution in [2.24, 2.45) is 0 Å².